The van der Waals surface area contributed by atoms with Gasteiger partial charge in [-0.2, -0.15) is 0 Å². The number of aromatic nitrogens is 1. The minimum atomic E-state index is -0.0745. The van der Waals surface area contributed by atoms with Crippen molar-refractivity contribution in [3.63, 3.8) is 0 Å². The Kier molecular flexibility index (Phi) is 11.4. The molecule has 1 aliphatic heterocycles. The molecule has 1 saturated heterocycles. The van der Waals surface area contributed by atoms with Crippen molar-refractivity contribution >= 4 is 17.5 Å². The molecule has 2 heterocycles. The van der Waals surface area contributed by atoms with Crippen LogP contribution in [0.15, 0.2) is 54.9 Å². The number of rotatable bonds is 12. The van der Waals surface area contributed by atoms with Crippen LogP contribution in [0.5, 0.6) is 5.75 Å². The summed E-state index contributed by atoms with van der Waals surface area (Å²) in [6.07, 6.45) is 6.85. The zero-order valence-corrected chi connectivity index (χ0v) is 27.5. The average molecular weight is 600 g/mol. The number of nitrogens with zero attached hydrogens (tertiary/aromatic N) is 4. The van der Waals surface area contributed by atoms with Crippen LogP contribution < -0.4 is 15.0 Å². The van der Waals surface area contributed by atoms with Crippen molar-refractivity contribution in [1.82, 2.24) is 20.1 Å². The topological polar surface area (TPSA) is 78.0 Å². The number of piperidine rings is 1. The van der Waals surface area contributed by atoms with Crippen LogP contribution in [0.4, 0.5) is 5.69 Å². The molecule has 2 aromatic carbocycles. The van der Waals surface area contributed by atoms with Gasteiger partial charge in [0.2, 0.25) is 0 Å². The zero-order valence-electron chi connectivity index (χ0n) is 27.5. The number of likely N-dealkylation sites (tertiary alicyclic amines) is 1. The summed E-state index contributed by atoms with van der Waals surface area (Å²) in [7, 11) is 3.49. The first-order valence-corrected chi connectivity index (χ1v) is 15.8. The van der Waals surface area contributed by atoms with Gasteiger partial charge in [-0.1, -0.05) is 0 Å². The maximum atomic E-state index is 13.1. The second-order valence-electron chi connectivity index (χ2n) is 12.1. The first-order chi connectivity index (χ1) is 21.1. The van der Waals surface area contributed by atoms with Crippen molar-refractivity contribution in [2.45, 2.75) is 72.5 Å². The number of pyridine rings is 1. The van der Waals surface area contributed by atoms with E-state index >= 15 is 0 Å². The lowest BCUT2D eigenvalue weighted by atomic mass is 9.97. The molecule has 0 unspecified atom stereocenters. The van der Waals surface area contributed by atoms with Crippen molar-refractivity contribution in [3.8, 4) is 5.75 Å². The van der Waals surface area contributed by atoms with Crippen LogP contribution >= 0.6 is 0 Å². The summed E-state index contributed by atoms with van der Waals surface area (Å²) < 4.78 is 5.41. The van der Waals surface area contributed by atoms with E-state index in [1.54, 1.807) is 19.1 Å². The van der Waals surface area contributed by atoms with Gasteiger partial charge in [-0.3, -0.25) is 14.6 Å². The third-order valence-corrected chi connectivity index (χ3v) is 9.13. The first-order valence-electron chi connectivity index (χ1n) is 15.8. The van der Waals surface area contributed by atoms with Crippen molar-refractivity contribution in [3.05, 3.63) is 88.2 Å². The highest BCUT2D eigenvalue weighted by Gasteiger charge is 2.28. The fourth-order valence-electron chi connectivity index (χ4n) is 6.16. The van der Waals surface area contributed by atoms with Gasteiger partial charge in [0.05, 0.1) is 7.11 Å². The number of nitrogens with one attached hydrogen (secondary N) is 1. The summed E-state index contributed by atoms with van der Waals surface area (Å²) in [5.74, 6) is 0.761. The molecule has 0 saturated carbocycles. The Morgan fingerprint density at radius 2 is 1.70 bits per heavy atom. The number of carbonyl (C=O) groups is 2. The monoisotopic (exact) mass is 599 g/mol. The average Bonchev–Trinajstić information content (AvgIpc) is 3.03. The quantitative estimate of drug-likeness (QED) is 0.284. The predicted octanol–water partition coefficient (Wildman–Crippen LogP) is 5.79. The summed E-state index contributed by atoms with van der Waals surface area (Å²) in [5.41, 5.74) is 6.64. The molecule has 8 heteroatoms. The zero-order chi connectivity index (χ0) is 31.8. The number of hydrogen-bond acceptors (Lipinski definition) is 6. The number of methoxy groups -OCH3 is 1. The largest absolute Gasteiger partial charge is 0.497 e. The molecule has 1 atom stereocenters. The molecular formula is C36H49N5O3. The molecule has 0 radical (unpaired) electrons. The van der Waals surface area contributed by atoms with Crippen LogP contribution in [0.2, 0.25) is 0 Å². The van der Waals surface area contributed by atoms with E-state index in [0.29, 0.717) is 36.3 Å². The number of carbonyl (C=O) groups excluding carboxylic acids is 2. The van der Waals surface area contributed by atoms with Crippen LogP contribution in [-0.2, 0) is 6.54 Å². The Bertz CT molecular complexity index is 1390. The number of hydrogen-bond donors (Lipinski definition) is 1. The standard InChI is InChI=1S/C36H49N5O3/c1-8-39(6)36(43)29-21-26(3)34(27(4)22-29)35(42)38-18-14-28(5)40-19-15-32(16-20-40)41(24-30-23-37-17-13-25(30)2)31-9-11-33(44-7)12-10-31/h9-13,17,21-23,28,32H,8,14-16,18-20,24H2,1-7H3,(H,38,42)/t28-/m1/s1. The normalized spacial score (nSPS) is 14.6. The van der Waals surface area contributed by atoms with Gasteiger partial charge in [-0.05, 0) is 119 Å². The van der Waals surface area contributed by atoms with Gasteiger partial charge in [-0.15, -0.1) is 0 Å². The number of aryl methyl sites for hydroxylation is 3. The highest BCUT2D eigenvalue weighted by atomic mass is 16.5. The molecule has 3 aromatic rings. The fraction of sp³-hybridized carbons (Fsp3) is 0.472. The minimum Gasteiger partial charge on any atom is -0.497 e. The molecule has 1 aromatic heterocycles. The maximum Gasteiger partial charge on any atom is 0.253 e. The van der Waals surface area contributed by atoms with Crippen LogP contribution in [0.1, 0.15) is 76.1 Å². The highest BCUT2D eigenvalue weighted by Crippen LogP contribution is 2.29. The minimum absolute atomic E-state index is 0.0254. The maximum absolute atomic E-state index is 13.1. The van der Waals surface area contributed by atoms with Gasteiger partial charge in [-0.25, -0.2) is 0 Å². The molecule has 0 spiro atoms. The third kappa shape index (κ3) is 7.97. The Labute approximate surface area is 263 Å². The van der Waals surface area contributed by atoms with Crippen LogP contribution in [-0.4, -0.2) is 79.0 Å². The van der Waals surface area contributed by atoms with E-state index in [1.165, 1.54) is 16.8 Å². The van der Waals surface area contributed by atoms with Crippen molar-refractivity contribution in [2.75, 3.05) is 45.2 Å². The van der Waals surface area contributed by atoms with Gasteiger partial charge in [0.1, 0.15) is 5.75 Å². The molecule has 4 rings (SSSR count). The Morgan fingerprint density at radius 1 is 1.05 bits per heavy atom. The second-order valence-corrected chi connectivity index (χ2v) is 12.1. The van der Waals surface area contributed by atoms with Crippen molar-refractivity contribution < 1.29 is 14.3 Å². The summed E-state index contributed by atoms with van der Waals surface area (Å²) in [6, 6.07) is 14.9. The van der Waals surface area contributed by atoms with Gasteiger partial charge in [0, 0.05) is 81.1 Å². The fourth-order valence-corrected chi connectivity index (χ4v) is 6.16. The number of ether oxygens (including phenoxy) is 1. The molecule has 8 nitrogen and oxygen atoms in total. The summed E-state index contributed by atoms with van der Waals surface area (Å²) in [6.45, 7) is 14.3. The van der Waals surface area contributed by atoms with Crippen LogP contribution in [0.25, 0.3) is 0 Å². The smallest absolute Gasteiger partial charge is 0.253 e. The number of amides is 2. The van der Waals surface area contributed by atoms with Crippen LogP contribution in [0.3, 0.4) is 0 Å². The van der Waals surface area contributed by atoms with E-state index in [-0.39, 0.29) is 11.8 Å². The van der Waals surface area contributed by atoms with E-state index < -0.39 is 0 Å². The summed E-state index contributed by atoms with van der Waals surface area (Å²) in [4.78, 5) is 36.9. The second kappa shape index (κ2) is 15.2. The molecule has 1 fully saturated rings. The van der Waals surface area contributed by atoms with Crippen molar-refractivity contribution in [1.29, 1.82) is 0 Å². The Morgan fingerprint density at radius 3 is 2.30 bits per heavy atom. The molecule has 1 N–H and O–H groups in total. The number of anilines is 1. The molecule has 1 aliphatic rings. The van der Waals surface area contributed by atoms with E-state index in [9.17, 15) is 9.59 Å². The van der Waals surface area contributed by atoms with Gasteiger partial charge < -0.3 is 24.8 Å². The summed E-state index contributed by atoms with van der Waals surface area (Å²) in [5, 5.41) is 3.14. The van der Waals surface area contributed by atoms with Crippen molar-refractivity contribution in [2.24, 2.45) is 0 Å². The lowest BCUT2D eigenvalue weighted by Crippen LogP contribution is -2.48. The highest BCUT2D eigenvalue weighted by molar-refractivity contribution is 6.00. The lowest BCUT2D eigenvalue weighted by molar-refractivity contribution is 0.0801. The molecular weight excluding hydrogens is 550 g/mol. The van der Waals surface area contributed by atoms with E-state index in [4.69, 9.17) is 4.74 Å². The van der Waals surface area contributed by atoms with Gasteiger partial charge >= 0.3 is 0 Å². The molecule has 0 aliphatic carbocycles. The van der Waals surface area contributed by atoms with E-state index in [2.05, 4.69) is 52.1 Å². The third-order valence-electron chi connectivity index (χ3n) is 9.13. The Hall–Kier alpha value is -3.91. The van der Waals surface area contributed by atoms with Crippen LogP contribution in [0, 0.1) is 20.8 Å². The predicted molar refractivity (Wildman–Crippen MR) is 178 cm³/mol. The van der Waals surface area contributed by atoms with E-state index in [1.807, 2.05) is 57.4 Å². The summed E-state index contributed by atoms with van der Waals surface area (Å²) >= 11 is 0. The number of benzene rings is 2. The molecule has 44 heavy (non-hydrogen) atoms. The van der Waals surface area contributed by atoms with Gasteiger partial charge in [0.25, 0.3) is 11.8 Å². The molecule has 0 bridgehead atoms. The SMILES string of the molecule is CCN(C)C(=O)c1cc(C)c(C(=O)NCC[C@@H](C)N2CCC(N(Cc3cnccc3C)c3ccc(OC)cc3)CC2)c(C)c1. The van der Waals surface area contributed by atoms with E-state index in [0.717, 1.165) is 55.8 Å². The Balaban J connectivity index is 1.33. The molecule has 236 valence electrons. The van der Waals surface area contributed by atoms with Gasteiger partial charge in [0.15, 0.2) is 0 Å². The molecule has 2 amide bonds. The first kappa shape index (κ1) is 33.0. The lowest BCUT2D eigenvalue weighted by Gasteiger charge is -2.42.